The van der Waals surface area contributed by atoms with Crippen LogP contribution in [0.25, 0.3) is 0 Å². The number of fused-ring (bicyclic) bond motifs is 1. The zero-order valence-corrected chi connectivity index (χ0v) is 17.8. The van der Waals surface area contributed by atoms with Gasteiger partial charge in [-0.15, -0.1) is 0 Å². The Morgan fingerprint density at radius 1 is 1.14 bits per heavy atom. The minimum atomic E-state index is -0.789. The van der Waals surface area contributed by atoms with E-state index in [1.807, 2.05) is 46.8 Å². The van der Waals surface area contributed by atoms with Crippen molar-refractivity contribution in [2.75, 3.05) is 6.61 Å². The van der Waals surface area contributed by atoms with E-state index in [0.717, 1.165) is 19.3 Å². The summed E-state index contributed by atoms with van der Waals surface area (Å²) in [6, 6.07) is 0. The average molecular weight is 398 g/mol. The maximum Gasteiger partial charge on any atom is 0.313 e. The molecule has 7 heteroatoms. The summed E-state index contributed by atoms with van der Waals surface area (Å²) < 4.78 is 35.6. The molecule has 0 radical (unpaired) electrons. The number of esters is 1. The molecule has 0 saturated carbocycles. The summed E-state index contributed by atoms with van der Waals surface area (Å²) in [6.45, 7) is 11.7. The highest BCUT2D eigenvalue weighted by Gasteiger charge is 2.60. The molecule has 3 aliphatic rings. The van der Waals surface area contributed by atoms with Crippen LogP contribution in [0.15, 0.2) is 12.2 Å². The predicted molar refractivity (Wildman–Crippen MR) is 101 cm³/mol. The fourth-order valence-corrected chi connectivity index (χ4v) is 3.99. The molecule has 0 aromatic rings. The summed E-state index contributed by atoms with van der Waals surface area (Å²) in [5, 5.41) is 0. The van der Waals surface area contributed by atoms with Crippen molar-refractivity contribution in [1.82, 2.24) is 0 Å². The van der Waals surface area contributed by atoms with Crippen LogP contribution in [0.3, 0.4) is 0 Å². The zero-order valence-electron chi connectivity index (χ0n) is 17.8. The largest absolute Gasteiger partial charge is 0.456 e. The number of unbranched alkanes of at least 4 members (excludes halogenated alkanes) is 1. The minimum absolute atomic E-state index is 0.266. The van der Waals surface area contributed by atoms with E-state index in [4.69, 9.17) is 28.4 Å². The molecule has 6 atom stereocenters. The van der Waals surface area contributed by atoms with Crippen LogP contribution in [0.1, 0.15) is 60.8 Å². The molecular formula is C21H34O7. The van der Waals surface area contributed by atoms with Crippen LogP contribution in [0, 0.1) is 5.92 Å². The van der Waals surface area contributed by atoms with Crippen molar-refractivity contribution >= 4 is 5.97 Å². The maximum atomic E-state index is 12.9. The van der Waals surface area contributed by atoms with Gasteiger partial charge in [0.1, 0.15) is 12.2 Å². The molecule has 0 N–H and O–H groups in total. The van der Waals surface area contributed by atoms with E-state index in [1.54, 1.807) is 0 Å². The standard InChI is InChI=1S/C21H34O7/c1-7-9-11-13(10-8-2)18(22)24-16-15(14-12-23-20(3,4)26-14)25-19-17(16)27-21(5,6)28-19/h8,10,13-17,19H,7,9,11-12H2,1-6H3/b10-8-/t13-,14-,15-,16+,17-,19-/m1/s1. The molecule has 3 fully saturated rings. The molecule has 3 heterocycles. The SMILES string of the molecule is C/C=C\[C@H](CCCC)C(=O)O[C@@H]1[C@H]2OC(C)(C)O[C@H]2O[C@@H]1[C@H]1COC(C)(C)O1. The van der Waals surface area contributed by atoms with E-state index >= 15 is 0 Å². The number of carbonyl (C=O) groups excluding carboxylic acids is 1. The van der Waals surface area contributed by atoms with Gasteiger partial charge in [-0.2, -0.15) is 0 Å². The van der Waals surface area contributed by atoms with Crippen molar-refractivity contribution in [3.8, 4) is 0 Å². The summed E-state index contributed by atoms with van der Waals surface area (Å²) >= 11 is 0. The fraction of sp³-hybridized carbons (Fsp3) is 0.857. The summed E-state index contributed by atoms with van der Waals surface area (Å²) in [5.74, 6) is -2.03. The number of hydrogen-bond acceptors (Lipinski definition) is 7. The van der Waals surface area contributed by atoms with Crippen LogP contribution in [-0.2, 0) is 33.2 Å². The maximum absolute atomic E-state index is 12.9. The van der Waals surface area contributed by atoms with E-state index in [2.05, 4.69) is 6.92 Å². The smallest absolute Gasteiger partial charge is 0.313 e. The molecule has 3 saturated heterocycles. The molecule has 28 heavy (non-hydrogen) atoms. The van der Waals surface area contributed by atoms with Crippen LogP contribution < -0.4 is 0 Å². The highest BCUT2D eigenvalue weighted by Crippen LogP contribution is 2.42. The Kier molecular flexibility index (Phi) is 6.51. The number of allylic oxidation sites excluding steroid dienone is 1. The topological polar surface area (TPSA) is 72.5 Å². The molecule has 3 aliphatic heterocycles. The highest BCUT2D eigenvalue weighted by molar-refractivity contribution is 5.74. The van der Waals surface area contributed by atoms with Crippen LogP contribution in [-0.4, -0.2) is 54.9 Å². The second-order valence-electron chi connectivity index (χ2n) is 8.61. The van der Waals surface area contributed by atoms with Gasteiger partial charge in [-0.3, -0.25) is 4.79 Å². The fourth-order valence-electron chi connectivity index (χ4n) is 3.99. The number of ether oxygens (including phenoxy) is 6. The molecule has 0 aromatic carbocycles. The monoisotopic (exact) mass is 398 g/mol. The summed E-state index contributed by atoms with van der Waals surface area (Å²) in [4.78, 5) is 12.9. The molecule has 0 bridgehead atoms. The number of hydrogen-bond donors (Lipinski definition) is 0. The van der Waals surface area contributed by atoms with E-state index < -0.39 is 36.2 Å². The van der Waals surface area contributed by atoms with Crippen LogP contribution in [0.2, 0.25) is 0 Å². The molecule has 7 nitrogen and oxygen atoms in total. The van der Waals surface area contributed by atoms with Crippen molar-refractivity contribution in [3.63, 3.8) is 0 Å². The Bertz CT molecular complexity index is 585. The molecule has 3 rings (SSSR count). The van der Waals surface area contributed by atoms with E-state index in [-0.39, 0.29) is 18.0 Å². The molecule has 160 valence electrons. The third kappa shape index (κ3) is 4.76. The predicted octanol–water partition coefficient (Wildman–Crippen LogP) is 3.31. The molecule has 0 amide bonds. The van der Waals surface area contributed by atoms with Crippen molar-refractivity contribution < 1.29 is 33.2 Å². The lowest BCUT2D eigenvalue weighted by atomic mass is 10.0. The lowest BCUT2D eigenvalue weighted by molar-refractivity contribution is -0.235. The second kappa shape index (κ2) is 8.40. The third-order valence-electron chi connectivity index (χ3n) is 5.27. The van der Waals surface area contributed by atoms with Crippen LogP contribution >= 0.6 is 0 Å². The van der Waals surface area contributed by atoms with Crippen LogP contribution in [0.4, 0.5) is 0 Å². The van der Waals surface area contributed by atoms with Gasteiger partial charge in [0.25, 0.3) is 0 Å². The molecule has 0 spiro atoms. The van der Waals surface area contributed by atoms with Crippen molar-refractivity contribution in [1.29, 1.82) is 0 Å². The van der Waals surface area contributed by atoms with Crippen LogP contribution in [0.5, 0.6) is 0 Å². The minimum Gasteiger partial charge on any atom is -0.456 e. The van der Waals surface area contributed by atoms with Gasteiger partial charge in [0, 0.05) is 0 Å². The van der Waals surface area contributed by atoms with E-state index in [0.29, 0.717) is 6.61 Å². The summed E-state index contributed by atoms with van der Waals surface area (Å²) in [7, 11) is 0. The first kappa shape index (κ1) is 21.7. The van der Waals surface area contributed by atoms with Gasteiger partial charge in [0.05, 0.1) is 12.5 Å². The molecular weight excluding hydrogens is 364 g/mol. The van der Waals surface area contributed by atoms with Gasteiger partial charge in [0.2, 0.25) is 0 Å². The first-order valence-electron chi connectivity index (χ1n) is 10.3. The lowest BCUT2D eigenvalue weighted by Gasteiger charge is -2.29. The Balaban J connectivity index is 1.75. The molecule has 0 unspecified atom stereocenters. The molecule has 0 aromatic heterocycles. The van der Waals surface area contributed by atoms with Gasteiger partial charge in [0.15, 0.2) is 30.1 Å². The molecule has 0 aliphatic carbocycles. The van der Waals surface area contributed by atoms with Gasteiger partial charge in [-0.1, -0.05) is 31.9 Å². The summed E-state index contributed by atoms with van der Waals surface area (Å²) in [6.07, 6.45) is 3.96. The van der Waals surface area contributed by atoms with Gasteiger partial charge < -0.3 is 28.4 Å². The van der Waals surface area contributed by atoms with E-state index in [1.165, 1.54) is 0 Å². The summed E-state index contributed by atoms with van der Waals surface area (Å²) in [5.41, 5.74) is 0. The Morgan fingerprint density at radius 3 is 2.50 bits per heavy atom. The third-order valence-corrected chi connectivity index (χ3v) is 5.27. The van der Waals surface area contributed by atoms with Gasteiger partial charge in [-0.05, 0) is 41.0 Å². The lowest BCUT2D eigenvalue weighted by Crippen LogP contribution is -2.45. The van der Waals surface area contributed by atoms with Gasteiger partial charge >= 0.3 is 5.97 Å². The zero-order chi connectivity index (χ0) is 20.5. The first-order valence-corrected chi connectivity index (χ1v) is 10.3. The normalized spacial score (nSPS) is 37.3. The Labute approximate surface area is 167 Å². The number of rotatable bonds is 7. The van der Waals surface area contributed by atoms with Crippen molar-refractivity contribution in [2.45, 2.75) is 103 Å². The van der Waals surface area contributed by atoms with Crippen molar-refractivity contribution in [3.05, 3.63) is 12.2 Å². The quantitative estimate of drug-likeness (QED) is 0.481. The Hall–Kier alpha value is -0.990. The average Bonchev–Trinajstić information content (AvgIpc) is 3.21. The van der Waals surface area contributed by atoms with E-state index in [9.17, 15) is 4.79 Å². The van der Waals surface area contributed by atoms with Crippen molar-refractivity contribution in [2.24, 2.45) is 5.92 Å². The Morgan fingerprint density at radius 2 is 1.89 bits per heavy atom. The number of carbonyl (C=O) groups is 1. The first-order chi connectivity index (χ1) is 13.2. The highest BCUT2D eigenvalue weighted by atomic mass is 16.8. The second-order valence-corrected chi connectivity index (χ2v) is 8.61. The van der Waals surface area contributed by atoms with Gasteiger partial charge in [-0.25, -0.2) is 0 Å².